The van der Waals surface area contributed by atoms with Gasteiger partial charge in [-0.3, -0.25) is 14.4 Å². The Morgan fingerprint density at radius 2 is 1.86 bits per heavy atom. The van der Waals surface area contributed by atoms with Crippen molar-refractivity contribution in [3.8, 4) is 5.75 Å². The molecule has 11 nitrogen and oxygen atoms in total. The van der Waals surface area contributed by atoms with Crippen LogP contribution in [0.2, 0.25) is 0 Å². The molecular weight excluding hydrogens is 380 g/mol. The molecule has 4 rings (SSSR count). The summed E-state index contributed by atoms with van der Waals surface area (Å²) in [6.45, 7) is 2.74. The van der Waals surface area contributed by atoms with Gasteiger partial charge < -0.3 is 15.0 Å². The number of methoxy groups -OCH3 is 1. The van der Waals surface area contributed by atoms with Crippen LogP contribution in [0.3, 0.4) is 0 Å². The summed E-state index contributed by atoms with van der Waals surface area (Å²) in [6, 6.07) is 3.53. The Balaban J connectivity index is 1.60. The molecule has 11 heteroatoms. The topological polar surface area (TPSA) is 128 Å². The van der Waals surface area contributed by atoms with Crippen molar-refractivity contribution in [2.75, 3.05) is 19.0 Å². The maximum atomic E-state index is 13.0. The van der Waals surface area contributed by atoms with E-state index in [-0.39, 0.29) is 36.1 Å². The highest BCUT2D eigenvalue weighted by atomic mass is 16.5. The number of aryl methyl sites for hydroxylation is 2. The SMILES string of the molecule is COc1c(Nc2ccc(C)c3c2C(=O)N(CCn2nnn(C)c2=O)C3)c(=O)c1=O. The van der Waals surface area contributed by atoms with E-state index in [1.54, 1.807) is 11.0 Å². The summed E-state index contributed by atoms with van der Waals surface area (Å²) in [5.41, 5.74) is 0.924. The molecule has 0 fully saturated rings. The van der Waals surface area contributed by atoms with Gasteiger partial charge in [-0.25, -0.2) is 4.79 Å². The monoisotopic (exact) mass is 398 g/mol. The summed E-state index contributed by atoms with van der Waals surface area (Å²) in [6.07, 6.45) is 0. The third-order valence-corrected chi connectivity index (χ3v) is 5.09. The van der Waals surface area contributed by atoms with Crippen molar-refractivity contribution >= 4 is 17.3 Å². The lowest BCUT2D eigenvalue weighted by molar-refractivity contribution is 0.0771. The number of aromatic nitrogens is 4. The molecule has 0 atom stereocenters. The van der Waals surface area contributed by atoms with Crippen LogP contribution in [0.25, 0.3) is 0 Å². The van der Waals surface area contributed by atoms with Crippen LogP contribution >= 0.6 is 0 Å². The number of anilines is 2. The number of nitrogens with one attached hydrogen (secondary N) is 1. The summed E-state index contributed by atoms with van der Waals surface area (Å²) < 4.78 is 7.26. The average Bonchev–Trinajstić information content (AvgIpc) is 3.22. The van der Waals surface area contributed by atoms with Gasteiger partial charge in [0.2, 0.25) is 0 Å². The van der Waals surface area contributed by atoms with Gasteiger partial charge in [0, 0.05) is 20.1 Å². The highest BCUT2D eigenvalue weighted by Gasteiger charge is 2.32. The van der Waals surface area contributed by atoms with Crippen molar-refractivity contribution < 1.29 is 9.53 Å². The predicted molar refractivity (Wildman–Crippen MR) is 102 cm³/mol. The molecule has 0 saturated carbocycles. The zero-order valence-corrected chi connectivity index (χ0v) is 16.1. The number of hydrogen-bond acceptors (Lipinski definition) is 8. The maximum absolute atomic E-state index is 13.0. The van der Waals surface area contributed by atoms with E-state index < -0.39 is 10.9 Å². The first-order valence-corrected chi connectivity index (χ1v) is 8.86. The number of benzene rings is 1. The van der Waals surface area contributed by atoms with Crippen LogP contribution in [0.1, 0.15) is 21.5 Å². The Morgan fingerprint density at radius 1 is 1.10 bits per heavy atom. The Morgan fingerprint density at radius 3 is 2.52 bits per heavy atom. The first-order valence-electron chi connectivity index (χ1n) is 8.86. The summed E-state index contributed by atoms with van der Waals surface area (Å²) >= 11 is 0. The van der Waals surface area contributed by atoms with E-state index in [0.29, 0.717) is 17.8 Å². The molecule has 0 unspecified atom stereocenters. The summed E-state index contributed by atoms with van der Waals surface area (Å²) in [4.78, 5) is 49.9. The Labute approximate surface area is 163 Å². The number of ether oxygens (including phenoxy) is 1. The summed E-state index contributed by atoms with van der Waals surface area (Å²) in [7, 11) is 2.81. The molecule has 3 aromatic rings. The molecule has 1 aromatic heterocycles. The largest absolute Gasteiger partial charge is 0.491 e. The van der Waals surface area contributed by atoms with Crippen LogP contribution in [-0.4, -0.2) is 44.3 Å². The van der Waals surface area contributed by atoms with Gasteiger partial charge in [-0.1, -0.05) is 6.07 Å². The molecule has 150 valence electrons. The zero-order chi connectivity index (χ0) is 20.9. The molecule has 2 aromatic carbocycles. The van der Waals surface area contributed by atoms with Crippen molar-refractivity contribution in [3.63, 3.8) is 0 Å². The number of amides is 1. The zero-order valence-electron chi connectivity index (χ0n) is 16.1. The number of tetrazole rings is 1. The van der Waals surface area contributed by atoms with E-state index in [1.807, 2.05) is 13.0 Å². The van der Waals surface area contributed by atoms with Gasteiger partial charge in [0.1, 0.15) is 5.69 Å². The van der Waals surface area contributed by atoms with Crippen LogP contribution in [0, 0.1) is 6.92 Å². The number of hydrogen-bond donors (Lipinski definition) is 1. The van der Waals surface area contributed by atoms with Gasteiger partial charge >= 0.3 is 5.69 Å². The predicted octanol–water partition coefficient (Wildman–Crippen LogP) is -0.711. The second-order valence-electron chi connectivity index (χ2n) is 6.81. The molecule has 0 aliphatic carbocycles. The third-order valence-electron chi connectivity index (χ3n) is 5.09. The summed E-state index contributed by atoms with van der Waals surface area (Å²) in [5.74, 6) is -0.283. The van der Waals surface area contributed by atoms with Crippen LogP contribution in [0.5, 0.6) is 5.75 Å². The van der Waals surface area contributed by atoms with Gasteiger partial charge in [-0.2, -0.15) is 9.36 Å². The molecule has 1 amide bonds. The maximum Gasteiger partial charge on any atom is 0.363 e. The van der Waals surface area contributed by atoms with Gasteiger partial charge in [0.05, 0.1) is 24.9 Å². The Hall–Kier alpha value is -3.76. The van der Waals surface area contributed by atoms with Crippen LogP contribution in [0.15, 0.2) is 26.5 Å². The molecule has 0 bridgehead atoms. The fourth-order valence-corrected chi connectivity index (χ4v) is 3.43. The number of fused-ring (bicyclic) bond motifs is 1. The number of carbonyl (C=O) groups excluding carboxylic acids is 1. The van der Waals surface area contributed by atoms with E-state index in [2.05, 4.69) is 15.7 Å². The van der Waals surface area contributed by atoms with E-state index in [9.17, 15) is 19.2 Å². The first-order chi connectivity index (χ1) is 13.8. The van der Waals surface area contributed by atoms with E-state index in [1.165, 1.54) is 18.8 Å². The number of rotatable bonds is 6. The molecule has 1 aliphatic heterocycles. The van der Waals surface area contributed by atoms with Gasteiger partial charge in [-0.15, -0.1) is 0 Å². The van der Waals surface area contributed by atoms with Gasteiger partial charge in [0.25, 0.3) is 16.8 Å². The van der Waals surface area contributed by atoms with Crippen molar-refractivity contribution in [1.29, 1.82) is 0 Å². The molecule has 0 radical (unpaired) electrons. The highest BCUT2D eigenvalue weighted by molar-refractivity contribution is 6.04. The van der Waals surface area contributed by atoms with E-state index in [0.717, 1.165) is 15.8 Å². The number of nitrogens with zero attached hydrogens (tertiary/aromatic N) is 5. The fourth-order valence-electron chi connectivity index (χ4n) is 3.43. The highest BCUT2D eigenvalue weighted by Crippen LogP contribution is 2.34. The van der Waals surface area contributed by atoms with Gasteiger partial charge in [-0.05, 0) is 34.5 Å². The van der Waals surface area contributed by atoms with Crippen molar-refractivity contribution in [2.45, 2.75) is 20.0 Å². The van der Waals surface area contributed by atoms with Crippen LogP contribution in [0.4, 0.5) is 11.4 Å². The molecule has 29 heavy (non-hydrogen) atoms. The minimum Gasteiger partial charge on any atom is -0.491 e. The van der Waals surface area contributed by atoms with E-state index >= 15 is 0 Å². The van der Waals surface area contributed by atoms with Gasteiger partial charge in [0.15, 0.2) is 5.75 Å². The second-order valence-corrected chi connectivity index (χ2v) is 6.81. The average molecular weight is 398 g/mol. The van der Waals surface area contributed by atoms with Crippen molar-refractivity contribution in [1.82, 2.24) is 24.7 Å². The second kappa shape index (κ2) is 6.69. The molecular formula is C18H18N6O5. The molecule has 2 heterocycles. The molecule has 0 spiro atoms. The standard InChI is InChI=1S/C18H18N6O5/c1-9-4-5-11(19-13-14(25)15(26)16(13)29-3)12-10(9)8-23(17(12)27)6-7-24-18(28)22(2)20-21-24/h4-5,19H,6-8H2,1-3H3. The summed E-state index contributed by atoms with van der Waals surface area (Å²) in [5, 5.41) is 10.3. The fraction of sp³-hybridized carbons (Fsp3) is 0.333. The lowest BCUT2D eigenvalue weighted by atomic mass is 10.0. The first kappa shape index (κ1) is 18.6. The normalized spacial score (nSPS) is 13.2. The lowest BCUT2D eigenvalue weighted by Crippen LogP contribution is -2.35. The lowest BCUT2D eigenvalue weighted by Gasteiger charge is -2.16. The third kappa shape index (κ3) is 2.82. The van der Waals surface area contributed by atoms with E-state index in [4.69, 9.17) is 4.74 Å². The van der Waals surface area contributed by atoms with Crippen molar-refractivity contribution in [3.05, 3.63) is 59.8 Å². The van der Waals surface area contributed by atoms with Crippen molar-refractivity contribution in [2.24, 2.45) is 7.05 Å². The Bertz CT molecular complexity index is 1260. The minimum atomic E-state index is -0.693. The quantitative estimate of drug-likeness (QED) is 0.539. The minimum absolute atomic E-state index is 0.0425. The smallest absolute Gasteiger partial charge is 0.363 e. The molecule has 0 saturated heterocycles. The van der Waals surface area contributed by atoms with Crippen LogP contribution in [-0.2, 0) is 20.1 Å². The molecule has 1 aliphatic rings. The Kier molecular flexibility index (Phi) is 4.29. The molecule has 1 N–H and O–H groups in total. The number of carbonyl (C=O) groups is 1. The van der Waals surface area contributed by atoms with Crippen LogP contribution < -0.4 is 26.6 Å².